The number of pyridine rings is 1. The maximum absolute atomic E-state index is 12.1. The van der Waals surface area contributed by atoms with Gasteiger partial charge in [-0.3, -0.25) is 9.78 Å². The molecule has 4 nitrogen and oxygen atoms in total. The van der Waals surface area contributed by atoms with Gasteiger partial charge in [-0.1, -0.05) is 13.0 Å². The van der Waals surface area contributed by atoms with E-state index in [0.717, 1.165) is 17.7 Å². The van der Waals surface area contributed by atoms with Crippen molar-refractivity contribution in [3.05, 3.63) is 58.9 Å². The van der Waals surface area contributed by atoms with Gasteiger partial charge in [0, 0.05) is 11.8 Å². The van der Waals surface area contributed by atoms with Crippen LogP contribution in [0.5, 0.6) is 5.75 Å². The van der Waals surface area contributed by atoms with E-state index in [0.29, 0.717) is 17.7 Å². The molecule has 1 aromatic heterocycles. The van der Waals surface area contributed by atoms with Gasteiger partial charge in [-0.25, -0.2) is 0 Å². The van der Waals surface area contributed by atoms with Crippen LogP contribution < -0.4 is 5.32 Å². The molecule has 2 aromatic rings. The quantitative estimate of drug-likeness (QED) is 0.897. The fourth-order valence-electron chi connectivity index (χ4n) is 2.02. The number of carbonyl (C=O) groups excluding carboxylic acids is 1. The van der Waals surface area contributed by atoms with Gasteiger partial charge in [0.05, 0.1) is 12.2 Å². The second kappa shape index (κ2) is 6.19. The van der Waals surface area contributed by atoms with E-state index < -0.39 is 0 Å². The molecule has 0 aliphatic rings. The van der Waals surface area contributed by atoms with E-state index in [-0.39, 0.29) is 11.7 Å². The largest absolute Gasteiger partial charge is 0.508 e. The number of nitrogens with one attached hydrogen (secondary N) is 1. The van der Waals surface area contributed by atoms with Crippen molar-refractivity contribution in [3.8, 4) is 5.75 Å². The third-order valence-corrected chi connectivity index (χ3v) is 3.24. The average molecular weight is 270 g/mol. The fraction of sp³-hybridized carbons (Fsp3) is 0.250. The van der Waals surface area contributed by atoms with Crippen LogP contribution in [0.2, 0.25) is 0 Å². The second-order valence-corrected chi connectivity index (χ2v) is 4.65. The molecule has 1 aromatic carbocycles. The molecule has 0 unspecified atom stereocenters. The highest BCUT2D eigenvalue weighted by Gasteiger charge is 2.08. The summed E-state index contributed by atoms with van der Waals surface area (Å²) < 4.78 is 0. The molecule has 0 spiro atoms. The first-order chi connectivity index (χ1) is 9.61. The Morgan fingerprint density at radius 1 is 1.35 bits per heavy atom. The van der Waals surface area contributed by atoms with Crippen molar-refractivity contribution in [2.75, 3.05) is 0 Å². The Labute approximate surface area is 118 Å². The predicted molar refractivity (Wildman–Crippen MR) is 77.6 cm³/mol. The molecule has 1 amide bonds. The topological polar surface area (TPSA) is 62.2 Å². The lowest BCUT2D eigenvalue weighted by Crippen LogP contribution is -2.24. The van der Waals surface area contributed by atoms with Gasteiger partial charge < -0.3 is 10.4 Å². The average Bonchev–Trinajstić information content (AvgIpc) is 2.47. The number of phenols is 1. The van der Waals surface area contributed by atoms with Crippen molar-refractivity contribution in [2.45, 2.75) is 26.8 Å². The monoisotopic (exact) mass is 270 g/mol. The van der Waals surface area contributed by atoms with Crippen LogP contribution in [-0.4, -0.2) is 16.0 Å². The summed E-state index contributed by atoms with van der Waals surface area (Å²) in [5.74, 6) is 0.0281. The lowest BCUT2D eigenvalue weighted by Gasteiger charge is -2.09. The van der Waals surface area contributed by atoms with Gasteiger partial charge in [0.15, 0.2) is 0 Å². The molecule has 0 saturated carbocycles. The van der Waals surface area contributed by atoms with Crippen molar-refractivity contribution in [3.63, 3.8) is 0 Å². The zero-order chi connectivity index (χ0) is 14.5. The molecule has 1 heterocycles. The summed E-state index contributed by atoms with van der Waals surface area (Å²) in [7, 11) is 0. The van der Waals surface area contributed by atoms with Crippen molar-refractivity contribution in [2.24, 2.45) is 0 Å². The van der Waals surface area contributed by atoms with E-state index in [9.17, 15) is 9.90 Å². The number of aryl methyl sites for hydroxylation is 2. The van der Waals surface area contributed by atoms with Gasteiger partial charge in [-0.2, -0.15) is 0 Å². The molecule has 0 aliphatic carbocycles. The third-order valence-electron chi connectivity index (χ3n) is 3.24. The van der Waals surface area contributed by atoms with Gasteiger partial charge in [0.1, 0.15) is 5.75 Å². The van der Waals surface area contributed by atoms with Crippen LogP contribution in [-0.2, 0) is 13.0 Å². The van der Waals surface area contributed by atoms with Crippen molar-refractivity contribution in [1.82, 2.24) is 10.3 Å². The van der Waals surface area contributed by atoms with Crippen LogP contribution in [0.15, 0.2) is 36.5 Å². The molecule has 2 rings (SSSR count). The molecular formula is C16H18N2O2. The smallest absolute Gasteiger partial charge is 0.251 e. The number of aromatic nitrogens is 1. The summed E-state index contributed by atoms with van der Waals surface area (Å²) in [5.41, 5.74) is 3.24. The van der Waals surface area contributed by atoms with Crippen LogP contribution in [0.3, 0.4) is 0 Å². The first kappa shape index (κ1) is 14.1. The standard InChI is InChI=1S/C16H18N2O2/c1-3-12-5-4-8-17-14(12)10-18-16(20)13-6-7-15(19)11(2)9-13/h4-9,19H,3,10H2,1-2H3,(H,18,20). The molecular weight excluding hydrogens is 252 g/mol. The number of carbonyl (C=O) groups is 1. The number of aromatic hydroxyl groups is 1. The summed E-state index contributed by atoms with van der Waals surface area (Å²) in [4.78, 5) is 16.4. The van der Waals surface area contributed by atoms with Crippen LogP contribution in [0.4, 0.5) is 0 Å². The molecule has 20 heavy (non-hydrogen) atoms. The summed E-state index contributed by atoms with van der Waals surface area (Å²) in [6.07, 6.45) is 2.61. The third kappa shape index (κ3) is 3.15. The predicted octanol–water partition coefficient (Wildman–Crippen LogP) is 2.59. The molecule has 0 aliphatic heterocycles. The minimum absolute atomic E-state index is 0.166. The summed E-state index contributed by atoms with van der Waals surface area (Å²) in [6.45, 7) is 4.23. The summed E-state index contributed by atoms with van der Waals surface area (Å²) in [6, 6.07) is 8.72. The number of hydrogen-bond donors (Lipinski definition) is 2. The number of amides is 1. The van der Waals surface area contributed by atoms with E-state index in [1.165, 1.54) is 6.07 Å². The van der Waals surface area contributed by atoms with Gasteiger partial charge in [-0.05, 0) is 48.7 Å². The molecule has 0 saturated heterocycles. The fourth-order valence-corrected chi connectivity index (χ4v) is 2.02. The highest BCUT2D eigenvalue weighted by atomic mass is 16.3. The molecule has 104 valence electrons. The van der Waals surface area contributed by atoms with E-state index in [4.69, 9.17) is 0 Å². The Kier molecular flexibility index (Phi) is 4.35. The summed E-state index contributed by atoms with van der Waals surface area (Å²) >= 11 is 0. The number of hydrogen-bond acceptors (Lipinski definition) is 3. The Morgan fingerprint density at radius 2 is 2.15 bits per heavy atom. The number of nitrogens with zero attached hydrogens (tertiary/aromatic N) is 1. The maximum atomic E-state index is 12.1. The Balaban J connectivity index is 2.06. The zero-order valence-electron chi connectivity index (χ0n) is 11.7. The van der Waals surface area contributed by atoms with E-state index in [2.05, 4.69) is 17.2 Å². The SMILES string of the molecule is CCc1cccnc1CNC(=O)c1ccc(O)c(C)c1. The number of rotatable bonds is 4. The van der Waals surface area contributed by atoms with E-state index in [1.54, 1.807) is 25.3 Å². The summed E-state index contributed by atoms with van der Waals surface area (Å²) in [5, 5.41) is 12.3. The number of benzene rings is 1. The Morgan fingerprint density at radius 3 is 2.85 bits per heavy atom. The van der Waals surface area contributed by atoms with Crippen molar-refractivity contribution < 1.29 is 9.90 Å². The van der Waals surface area contributed by atoms with Gasteiger partial charge in [0.2, 0.25) is 0 Å². The Bertz CT molecular complexity index is 624. The van der Waals surface area contributed by atoms with Crippen LogP contribution in [0.25, 0.3) is 0 Å². The minimum Gasteiger partial charge on any atom is -0.508 e. The lowest BCUT2D eigenvalue weighted by atomic mass is 10.1. The van der Waals surface area contributed by atoms with Crippen molar-refractivity contribution >= 4 is 5.91 Å². The maximum Gasteiger partial charge on any atom is 0.251 e. The minimum atomic E-state index is -0.166. The van der Waals surface area contributed by atoms with Gasteiger partial charge >= 0.3 is 0 Å². The van der Waals surface area contributed by atoms with Crippen molar-refractivity contribution in [1.29, 1.82) is 0 Å². The van der Waals surface area contributed by atoms with Gasteiger partial charge in [0.25, 0.3) is 5.91 Å². The first-order valence-corrected chi connectivity index (χ1v) is 6.62. The Hall–Kier alpha value is -2.36. The molecule has 0 fully saturated rings. The second-order valence-electron chi connectivity index (χ2n) is 4.65. The molecule has 0 radical (unpaired) electrons. The first-order valence-electron chi connectivity index (χ1n) is 6.62. The molecule has 2 N–H and O–H groups in total. The van der Waals surface area contributed by atoms with Crippen LogP contribution >= 0.6 is 0 Å². The highest BCUT2D eigenvalue weighted by Crippen LogP contribution is 2.17. The lowest BCUT2D eigenvalue weighted by molar-refractivity contribution is 0.0950. The molecule has 4 heteroatoms. The molecule has 0 atom stereocenters. The van der Waals surface area contributed by atoms with Crippen LogP contribution in [0, 0.1) is 6.92 Å². The normalized spacial score (nSPS) is 10.3. The van der Waals surface area contributed by atoms with E-state index in [1.807, 2.05) is 12.1 Å². The van der Waals surface area contributed by atoms with E-state index >= 15 is 0 Å². The highest BCUT2D eigenvalue weighted by molar-refractivity contribution is 5.94. The van der Waals surface area contributed by atoms with Crippen LogP contribution in [0.1, 0.15) is 34.1 Å². The zero-order valence-corrected chi connectivity index (χ0v) is 11.7. The molecule has 0 bridgehead atoms. The van der Waals surface area contributed by atoms with Gasteiger partial charge in [-0.15, -0.1) is 0 Å². The number of phenolic OH excluding ortho intramolecular Hbond substituents is 1.